The Morgan fingerprint density at radius 3 is 1.78 bits per heavy atom. The van der Waals surface area contributed by atoms with Crippen LogP contribution in [-0.2, 0) is 27.2 Å². The molecule has 2 aromatic carbocycles. The molecule has 6 rings (SSSR count). The number of likely N-dealkylation sites (tertiary alicyclic amines) is 2. The summed E-state index contributed by atoms with van der Waals surface area (Å²) in [5.74, 6) is 0.474. The van der Waals surface area contributed by atoms with Crippen molar-refractivity contribution in [3.63, 3.8) is 0 Å². The Kier molecular flexibility index (Phi) is 11.3. The summed E-state index contributed by atoms with van der Waals surface area (Å²) in [6.45, 7) is 5.65. The lowest BCUT2D eigenvalue weighted by atomic mass is 10.0. The van der Waals surface area contributed by atoms with E-state index >= 15 is 0 Å². The van der Waals surface area contributed by atoms with Gasteiger partial charge in [-0.05, 0) is 61.5 Å². The van der Waals surface area contributed by atoms with Crippen molar-refractivity contribution in [2.45, 2.75) is 50.9 Å². The largest absolute Gasteiger partial charge is 0.360 e. The number of H-pyrrole nitrogens is 1. The molecular weight excluding hydrogens is 608 g/mol. The number of nitrogens with one attached hydrogen (secondary N) is 3. The average Bonchev–Trinajstić information content (AvgIpc) is 3.07. The van der Waals surface area contributed by atoms with Gasteiger partial charge in [-0.1, -0.05) is 60.7 Å². The lowest BCUT2D eigenvalue weighted by Gasteiger charge is -2.33. The highest BCUT2D eigenvalue weighted by Gasteiger charge is 2.23. The average molecular weight is 649 g/mol. The maximum absolute atomic E-state index is 12.1. The monoisotopic (exact) mass is 648 g/mol. The highest BCUT2D eigenvalue weighted by molar-refractivity contribution is 6.28. The normalized spacial score (nSPS) is 18.8. The first-order valence-electron chi connectivity index (χ1n) is 15.6. The zero-order chi connectivity index (χ0) is 32.5. The van der Waals surface area contributed by atoms with Gasteiger partial charge < -0.3 is 10.6 Å². The Bertz CT molecular complexity index is 1750. The molecule has 3 N–H and O–H groups in total. The maximum atomic E-state index is 12.1. The van der Waals surface area contributed by atoms with Gasteiger partial charge >= 0.3 is 5.69 Å². The number of benzene rings is 2. The van der Waals surface area contributed by atoms with Crippen molar-refractivity contribution in [2.75, 3.05) is 36.8 Å². The molecule has 4 heterocycles. The predicted molar refractivity (Wildman–Crippen MR) is 179 cm³/mol. The lowest BCUT2D eigenvalue weighted by molar-refractivity contribution is 0.208. The number of aromatic nitrogens is 6. The van der Waals surface area contributed by atoms with E-state index in [2.05, 4.69) is 77.2 Å². The van der Waals surface area contributed by atoms with Crippen LogP contribution >= 0.6 is 11.6 Å². The number of nitrogens with zero attached hydrogens (tertiary/aromatic N) is 7. The first-order valence-corrected chi connectivity index (χ1v) is 15.9. The summed E-state index contributed by atoms with van der Waals surface area (Å²) in [6.07, 6.45) is 4.15. The van der Waals surface area contributed by atoms with Crippen molar-refractivity contribution < 1.29 is 0 Å². The van der Waals surface area contributed by atoms with Crippen molar-refractivity contribution in [3.05, 3.63) is 108 Å². The van der Waals surface area contributed by atoms with Gasteiger partial charge in [-0.25, -0.2) is 9.89 Å². The highest BCUT2D eigenvalue weighted by Crippen LogP contribution is 2.17. The molecule has 14 heteroatoms. The number of aromatic amines is 1. The summed E-state index contributed by atoms with van der Waals surface area (Å²) < 4.78 is 2.32. The van der Waals surface area contributed by atoms with Crippen LogP contribution in [0.4, 0.5) is 11.6 Å². The van der Waals surface area contributed by atoms with Gasteiger partial charge in [0.05, 0.1) is 0 Å². The van der Waals surface area contributed by atoms with Crippen LogP contribution in [0.15, 0.2) is 75.0 Å². The molecule has 13 nitrogen and oxygen atoms in total. The van der Waals surface area contributed by atoms with Crippen LogP contribution in [0.1, 0.15) is 36.8 Å². The molecule has 0 aliphatic carbocycles. The summed E-state index contributed by atoms with van der Waals surface area (Å²) in [6, 6.07) is 21.1. The SMILES string of the molecule is Cn1c(=O)[nH]nc(N[C@@H]2CCCN(Cc3ccccc3)C2)c1=O.Cn1c(Cl)nnc(N[C@@H]2CCCN(Cc3ccccc3)C2)c1=O. The van der Waals surface area contributed by atoms with Crippen molar-refractivity contribution >= 4 is 23.2 Å². The molecule has 2 aromatic heterocycles. The zero-order valence-corrected chi connectivity index (χ0v) is 27.0. The van der Waals surface area contributed by atoms with Crippen LogP contribution in [-0.4, -0.2) is 77.6 Å². The maximum Gasteiger partial charge on any atom is 0.344 e. The van der Waals surface area contributed by atoms with E-state index in [9.17, 15) is 14.4 Å². The first kappa shape index (κ1) is 33.0. The zero-order valence-electron chi connectivity index (χ0n) is 26.2. The molecule has 0 saturated carbocycles. The van der Waals surface area contributed by atoms with E-state index in [0.717, 1.165) is 69.5 Å². The Balaban J connectivity index is 0.000000181. The smallest absolute Gasteiger partial charge is 0.344 e. The van der Waals surface area contributed by atoms with Gasteiger partial charge in [-0.15, -0.1) is 15.3 Å². The van der Waals surface area contributed by atoms with Gasteiger partial charge in [-0.3, -0.25) is 28.5 Å². The third-order valence-electron chi connectivity index (χ3n) is 8.28. The van der Waals surface area contributed by atoms with Crippen LogP contribution < -0.4 is 27.4 Å². The van der Waals surface area contributed by atoms with E-state index in [1.54, 1.807) is 7.05 Å². The Labute approximate surface area is 272 Å². The number of anilines is 2. The molecule has 244 valence electrons. The van der Waals surface area contributed by atoms with Crippen LogP contribution in [0, 0.1) is 0 Å². The third-order valence-corrected chi connectivity index (χ3v) is 8.61. The standard InChI is InChI=1S/C16H20ClN5O.C16H21N5O2/c1-21-15(23)14(19-20-16(21)17)18-13-8-5-9-22(11-13)10-12-6-3-2-4-7-12;1-20-15(22)14(18-19-16(20)23)17-13-8-5-9-21(11-13)10-12-6-3-2-4-7-12/h2-4,6-7,13H,5,8-11H2,1H3,(H,18,19);2-4,6-7,13H,5,8-11H2,1H3,(H,17,18)(H,19,23)/t2*13-/m11/s1. The molecule has 46 heavy (non-hydrogen) atoms. The number of rotatable bonds is 8. The molecule has 0 spiro atoms. The summed E-state index contributed by atoms with van der Waals surface area (Å²) in [7, 11) is 3.03. The molecule has 0 unspecified atom stereocenters. The molecule has 2 aliphatic heterocycles. The molecule has 0 bridgehead atoms. The van der Waals surface area contributed by atoms with Gasteiger partial charge in [-0.2, -0.15) is 0 Å². The molecule has 0 radical (unpaired) electrons. The van der Waals surface area contributed by atoms with E-state index in [1.807, 2.05) is 24.3 Å². The highest BCUT2D eigenvalue weighted by atomic mass is 35.5. The van der Waals surface area contributed by atoms with Gasteiger partial charge in [0.1, 0.15) is 0 Å². The van der Waals surface area contributed by atoms with Crippen LogP contribution in [0.5, 0.6) is 0 Å². The Morgan fingerprint density at radius 2 is 1.24 bits per heavy atom. The van der Waals surface area contributed by atoms with Crippen molar-refractivity contribution in [1.29, 1.82) is 0 Å². The van der Waals surface area contributed by atoms with Crippen molar-refractivity contribution in [2.24, 2.45) is 14.1 Å². The summed E-state index contributed by atoms with van der Waals surface area (Å²) in [4.78, 5) is 40.3. The fourth-order valence-electron chi connectivity index (χ4n) is 5.81. The summed E-state index contributed by atoms with van der Waals surface area (Å²) in [5.41, 5.74) is 1.44. The van der Waals surface area contributed by atoms with E-state index in [-0.39, 0.29) is 34.6 Å². The van der Waals surface area contributed by atoms with E-state index in [1.165, 1.54) is 22.7 Å². The second-order valence-corrected chi connectivity index (χ2v) is 12.2. The number of piperidine rings is 2. The van der Waals surface area contributed by atoms with Gasteiger partial charge in [0, 0.05) is 52.4 Å². The molecule has 4 aromatic rings. The van der Waals surface area contributed by atoms with E-state index in [0.29, 0.717) is 0 Å². The lowest BCUT2D eigenvalue weighted by Crippen LogP contribution is -2.44. The third kappa shape index (κ3) is 8.89. The minimum Gasteiger partial charge on any atom is -0.360 e. The summed E-state index contributed by atoms with van der Waals surface area (Å²) in [5, 5.41) is 20.4. The fraction of sp³-hybridized carbons (Fsp3) is 0.438. The molecular formula is C32H41ClN10O3. The minimum absolute atomic E-state index is 0.0925. The number of hydrogen-bond acceptors (Lipinski definition) is 10. The molecule has 2 atom stereocenters. The second kappa shape index (κ2) is 15.8. The summed E-state index contributed by atoms with van der Waals surface area (Å²) >= 11 is 5.80. The van der Waals surface area contributed by atoms with Crippen LogP contribution in [0.25, 0.3) is 0 Å². The molecule has 0 amide bonds. The van der Waals surface area contributed by atoms with E-state index in [4.69, 9.17) is 11.6 Å². The number of hydrogen-bond donors (Lipinski definition) is 3. The van der Waals surface area contributed by atoms with Crippen molar-refractivity contribution in [1.82, 2.24) is 39.3 Å². The van der Waals surface area contributed by atoms with Gasteiger partial charge in [0.2, 0.25) is 16.9 Å². The van der Waals surface area contributed by atoms with Gasteiger partial charge in [0.15, 0.2) is 0 Å². The van der Waals surface area contributed by atoms with Crippen LogP contribution in [0.2, 0.25) is 5.28 Å². The Morgan fingerprint density at radius 1 is 0.739 bits per heavy atom. The quantitative estimate of drug-likeness (QED) is 0.260. The predicted octanol–water partition coefficient (Wildman–Crippen LogP) is 2.45. The second-order valence-electron chi connectivity index (χ2n) is 11.8. The van der Waals surface area contributed by atoms with Gasteiger partial charge in [0.25, 0.3) is 11.1 Å². The number of halogens is 1. The van der Waals surface area contributed by atoms with E-state index < -0.39 is 11.2 Å². The van der Waals surface area contributed by atoms with Crippen molar-refractivity contribution in [3.8, 4) is 0 Å². The van der Waals surface area contributed by atoms with Crippen LogP contribution in [0.3, 0.4) is 0 Å². The molecule has 2 saturated heterocycles. The Hall–Kier alpha value is -4.33. The minimum atomic E-state index is -0.505. The topological polar surface area (TPSA) is 146 Å². The molecule has 2 fully saturated rings. The first-order chi connectivity index (χ1) is 22.3. The fourth-order valence-corrected chi connectivity index (χ4v) is 5.92. The molecule has 2 aliphatic rings.